The van der Waals surface area contributed by atoms with E-state index in [2.05, 4.69) is 4.98 Å². The smallest absolute Gasteiger partial charge is 0.208 e. The highest BCUT2D eigenvalue weighted by Crippen LogP contribution is 2.34. The lowest BCUT2D eigenvalue weighted by molar-refractivity contribution is 0.596. The van der Waals surface area contributed by atoms with Gasteiger partial charge in [-0.25, -0.2) is 17.8 Å². The van der Waals surface area contributed by atoms with Crippen molar-refractivity contribution in [3.05, 3.63) is 89.2 Å². The molecule has 0 saturated heterocycles. The number of hydrogen-bond donors (Lipinski definition) is 0. The molecule has 142 valence electrons. The van der Waals surface area contributed by atoms with Crippen molar-refractivity contribution in [3.8, 4) is 17.3 Å². The van der Waals surface area contributed by atoms with Crippen LogP contribution in [0.4, 0.5) is 4.39 Å². The van der Waals surface area contributed by atoms with Gasteiger partial charge in [0.25, 0.3) is 0 Å². The average molecular weight is 423 g/mol. The summed E-state index contributed by atoms with van der Waals surface area (Å²) in [6.07, 6.45) is 0. The van der Waals surface area contributed by atoms with Crippen molar-refractivity contribution in [1.82, 2.24) is 4.98 Å². The maximum absolute atomic E-state index is 14.3. The van der Waals surface area contributed by atoms with E-state index < -0.39 is 15.7 Å². The summed E-state index contributed by atoms with van der Waals surface area (Å²) >= 11 is 6.08. The lowest BCUT2D eigenvalue weighted by Gasteiger charge is -2.13. The Morgan fingerprint density at radius 1 is 0.966 bits per heavy atom. The molecule has 0 N–H and O–H groups in total. The predicted molar refractivity (Wildman–Crippen MR) is 109 cm³/mol. The van der Waals surface area contributed by atoms with Crippen molar-refractivity contribution >= 4 is 32.3 Å². The number of fused-ring (bicyclic) bond motifs is 1. The summed E-state index contributed by atoms with van der Waals surface area (Å²) in [6.45, 7) is 0. The highest BCUT2D eigenvalue weighted by atomic mass is 35.5. The molecule has 0 saturated carbocycles. The zero-order valence-corrected chi connectivity index (χ0v) is 16.4. The van der Waals surface area contributed by atoms with E-state index in [0.29, 0.717) is 16.0 Å². The summed E-state index contributed by atoms with van der Waals surface area (Å²) in [5, 5.41) is 9.87. The Hall–Kier alpha value is -3.27. The first-order valence-corrected chi connectivity index (χ1v) is 10.4. The molecular weight excluding hydrogens is 411 g/mol. The van der Waals surface area contributed by atoms with Gasteiger partial charge in [0.2, 0.25) is 9.84 Å². The van der Waals surface area contributed by atoms with Crippen LogP contribution in [-0.2, 0) is 9.84 Å². The Labute approximate surface area is 171 Å². The maximum Gasteiger partial charge on any atom is 0.208 e. The fourth-order valence-corrected chi connectivity index (χ4v) is 4.73. The van der Waals surface area contributed by atoms with Crippen LogP contribution in [0.15, 0.2) is 82.6 Å². The van der Waals surface area contributed by atoms with Gasteiger partial charge in [0.05, 0.1) is 27.1 Å². The van der Waals surface area contributed by atoms with Crippen LogP contribution in [0.3, 0.4) is 0 Å². The van der Waals surface area contributed by atoms with Crippen LogP contribution in [0.25, 0.3) is 22.2 Å². The summed E-state index contributed by atoms with van der Waals surface area (Å²) in [5.41, 5.74) is 0.813. The van der Waals surface area contributed by atoms with Crippen molar-refractivity contribution in [2.45, 2.75) is 9.79 Å². The van der Waals surface area contributed by atoms with Gasteiger partial charge in [-0.3, -0.25) is 0 Å². The highest BCUT2D eigenvalue weighted by molar-refractivity contribution is 7.91. The van der Waals surface area contributed by atoms with Crippen LogP contribution < -0.4 is 0 Å². The number of hydrogen-bond acceptors (Lipinski definition) is 4. The minimum Gasteiger partial charge on any atom is -0.243 e. The van der Waals surface area contributed by atoms with Crippen LogP contribution in [0.2, 0.25) is 5.02 Å². The molecule has 0 amide bonds. The number of benzene rings is 3. The molecule has 0 spiro atoms. The van der Waals surface area contributed by atoms with Gasteiger partial charge >= 0.3 is 0 Å². The first kappa shape index (κ1) is 19.1. The third kappa shape index (κ3) is 3.46. The third-order valence-electron chi connectivity index (χ3n) is 4.42. The van der Waals surface area contributed by atoms with Gasteiger partial charge < -0.3 is 0 Å². The minimum absolute atomic E-state index is 0.0441. The van der Waals surface area contributed by atoms with E-state index in [-0.39, 0.29) is 26.6 Å². The number of aromatic nitrogens is 1. The summed E-state index contributed by atoms with van der Waals surface area (Å²) in [4.78, 5) is 4.21. The Bertz CT molecular complexity index is 1410. The molecule has 0 atom stereocenters. The molecule has 4 nitrogen and oxygen atoms in total. The number of rotatable bonds is 3. The molecule has 0 unspecified atom stereocenters. The number of pyridine rings is 1. The largest absolute Gasteiger partial charge is 0.243 e. The second kappa shape index (κ2) is 7.28. The van der Waals surface area contributed by atoms with E-state index in [1.54, 1.807) is 30.3 Å². The molecule has 0 radical (unpaired) electrons. The Morgan fingerprint density at radius 3 is 2.48 bits per heavy atom. The van der Waals surface area contributed by atoms with Gasteiger partial charge in [-0.1, -0.05) is 41.9 Å². The topological polar surface area (TPSA) is 70.8 Å². The summed E-state index contributed by atoms with van der Waals surface area (Å²) in [6, 6.07) is 20.0. The second-order valence-corrected chi connectivity index (χ2v) is 8.65. The average Bonchev–Trinajstić information content (AvgIpc) is 2.73. The molecule has 3 aromatic carbocycles. The van der Waals surface area contributed by atoms with E-state index >= 15 is 0 Å². The highest BCUT2D eigenvalue weighted by Gasteiger charge is 2.25. The number of nitriles is 1. The van der Waals surface area contributed by atoms with Crippen LogP contribution in [0.1, 0.15) is 5.56 Å². The van der Waals surface area contributed by atoms with Crippen molar-refractivity contribution in [1.29, 1.82) is 5.26 Å². The lowest BCUT2D eigenvalue weighted by Crippen LogP contribution is -2.06. The van der Waals surface area contributed by atoms with Crippen LogP contribution in [-0.4, -0.2) is 13.4 Å². The Morgan fingerprint density at radius 2 is 1.72 bits per heavy atom. The van der Waals surface area contributed by atoms with Crippen molar-refractivity contribution in [2.75, 3.05) is 0 Å². The number of halogens is 2. The maximum atomic E-state index is 14.3. The normalized spacial score (nSPS) is 11.3. The molecule has 0 aliphatic heterocycles. The van der Waals surface area contributed by atoms with E-state index in [9.17, 15) is 12.8 Å². The first-order chi connectivity index (χ1) is 13.9. The standard InChI is InChI=1S/C22H12ClFN2O2S/c23-17-7-2-5-15(11-17)22-20(12-16-6-3-9-19(24)21(16)26-22)29(27,28)18-8-1-4-14(10-18)13-25/h1-12H. The zero-order valence-electron chi connectivity index (χ0n) is 14.8. The quantitative estimate of drug-likeness (QED) is 0.443. The molecular formula is C22H12ClFN2O2S. The van der Waals surface area contributed by atoms with Gasteiger partial charge in [-0.2, -0.15) is 5.26 Å². The monoisotopic (exact) mass is 422 g/mol. The van der Waals surface area contributed by atoms with Crippen LogP contribution in [0.5, 0.6) is 0 Å². The minimum atomic E-state index is -4.05. The second-order valence-electron chi connectivity index (χ2n) is 6.30. The Balaban J connectivity index is 2.07. The van der Waals surface area contributed by atoms with Crippen LogP contribution in [0, 0.1) is 17.1 Å². The predicted octanol–water partition coefficient (Wildman–Crippen LogP) is 5.40. The Kier molecular flexibility index (Phi) is 4.79. The van der Waals surface area contributed by atoms with E-state index in [1.807, 2.05) is 6.07 Å². The molecule has 0 aliphatic carbocycles. The first-order valence-electron chi connectivity index (χ1n) is 8.50. The summed E-state index contributed by atoms with van der Waals surface area (Å²) in [7, 11) is -4.05. The van der Waals surface area contributed by atoms with E-state index in [4.69, 9.17) is 16.9 Å². The summed E-state index contributed by atoms with van der Waals surface area (Å²) < 4.78 is 41.2. The van der Waals surface area contributed by atoms with Gasteiger partial charge in [0.1, 0.15) is 11.3 Å². The zero-order chi connectivity index (χ0) is 20.6. The van der Waals surface area contributed by atoms with Gasteiger partial charge in [-0.05, 0) is 42.5 Å². The number of para-hydroxylation sites is 1. The molecule has 0 bridgehead atoms. The molecule has 1 heterocycles. The lowest BCUT2D eigenvalue weighted by atomic mass is 10.1. The van der Waals surface area contributed by atoms with Crippen molar-refractivity contribution < 1.29 is 12.8 Å². The van der Waals surface area contributed by atoms with Gasteiger partial charge in [0, 0.05) is 16.0 Å². The van der Waals surface area contributed by atoms with E-state index in [0.717, 1.165) is 0 Å². The molecule has 29 heavy (non-hydrogen) atoms. The van der Waals surface area contributed by atoms with Crippen LogP contribution >= 0.6 is 11.6 Å². The van der Waals surface area contributed by atoms with Gasteiger partial charge in [-0.15, -0.1) is 0 Å². The number of sulfone groups is 1. The van der Waals surface area contributed by atoms with Crippen molar-refractivity contribution in [3.63, 3.8) is 0 Å². The SMILES string of the molecule is N#Cc1cccc(S(=O)(=O)c2cc3cccc(F)c3nc2-c2cccc(Cl)c2)c1. The fourth-order valence-electron chi connectivity index (χ4n) is 3.05. The molecule has 7 heteroatoms. The number of nitrogens with zero attached hydrogens (tertiary/aromatic N) is 2. The molecule has 0 aliphatic rings. The molecule has 0 fully saturated rings. The van der Waals surface area contributed by atoms with E-state index in [1.165, 1.54) is 42.5 Å². The summed E-state index contributed by atoms with van der Waals surface area (Å²) in [5.74, 6) is -0.554. The molecule has 4 aromatic rings. The fraction of sp³-hybridized carbons (Fsp3) is 0. The van der Waals surface area contributed by atoms with Crippen molar-refractivity contribution in [2.24, 2.45) is 0 Å². The molecule has 1 aromatic heterocycles. The third-order valence-corrected chi connectivity index (χ3v) is 6.42. The van der Waals surface area contributed by atoms with Gasteiger partial charge in [0.15, 0.2) is 0 Å². The molecule has 4 rings (SSSR count).